The summed E-state index contributed by atoms with van der Waals surface area (Å²) in [6.07, 6.45) is 5.59. The Morgan fingerprint density at radius 1 is 1.47 bits per heavy atom. The van der Waals surface area contributed by atoms with E-state index < -0.39 is 0 Å². The molecular weight excluding hydrogens is 192 g/mol. The highest BCUT2D eigenvalue weighted by Gasteiger charge is 2.10. The number of allylic oxidation sites excluding steroid dienone is 2. The van der Waals surface area contributed by atoms with E-state index in [4.69, 9.17) is 0 Å². The number of aromatic hydroxyl groups is 1. The smallest absolute Gasteiger partial charge is 0.258 e. The number of aromatic nitrogens is 1. The lowest BCUT2D eigenvalue weighted by Crippen LogP contribution is -2.16. The van der Waals surface area contributed by atoms with E-state index in [9.17, 15) is 9.90 Å². The third-order valence-corrected chi connectivity index (χ3v) is 2.33. The lowest BCUT2D eigenvalue weighted by Gasteiger charge is -2.10. The van der Waals surface area contributed by atoms with E-state index in [0.29, 0.717) is 12.1 Å². The zero-order valence-corrected chi connectivity index (χ0v) is 8.37. The first-order chi connectivity index (χ1) is 7.18. The molecule has 78 valence electrons. The predicted octanol–water partition coefficient (Wildman–Crippen LogP) is 0.889. The molecule has 4 nitrogen and oxygen atoms in total. The molecule has 2 heterocycles. The van der Waals surface area contributed by atoms with Gasteiger partial charge in [-0.15, -0.1) is 0 Å². The van der Waals surface area contributed by atoms with Gasteiger partial charge in [-0.1, -0.05) is 6.08 Å². The van der Waals surface area contributed by atoms with Crippen molar-refractivity contribution in [3.63, 3.8) is 0 Å². The predicted molar refractivity (Wildman–Crippen MR) is 58.6 cm³/mol. The van der Waals surface area contributed by atoms with Crippen LogP contribution in [0, 0.1) is 6.92 Å². The van der Waals surface area contributed by atoms with Gasteiger partial charge >= 0.3 is 0 Å². The number of hydrogen-bond donors (Lipinski definition) is 3. The topological polar surface area (TPSA) is 65.1 Å². The zero-order valence-electron chi connectivity index (χ0n) is 8.37. The molecule has 15 heavy (non-hydrogen) atoms. The highest BCUT2D eigenvalue weighted by Crippen LogP contribution is 2.18. The van der Waals surface area contributed by atoms with Gasteiger partial charge in [0, 0.05) is 18.2 Å². The Morgan fingerprint density at radius 3 is 2.87 bits per heavy atom. The summed E-state index contributed by atoms with van der Waals surface area (Å²) in [4.78, 5) is 14.0. The molecule has 1 aliphatic heterocycles. The summed E-state index contributed by atoms with van der Waals surface area (Å²) in [5, 5.41) is 12.2. The molecule has 0 radical (unpaired) electrons. The minimum atomic E-state index is -0.259. The number of pyridine rings is 1. The Balaban J connectivity index is 2.58. The second-order valence-electron chi connectivity index (χ2n) is 3.44. The molecule has 0 bridgehead atoms. The molecule has 0 spiro atoms. The molecule has 1 aromatic rings. The first-order valence-electron chi connectivity index (χ1n) is 4.72. The normalized spacial score (nSPS) is 14.6. The maximum atomic E-state index is 11.6. The van der Waals surface area contributed by atoms with Gasteiger partial charge in [-0.3, -0.25) is 9.78 Å². The van der Waals surface area contributed by atoms with Gasteiger partial charge in [0.15, 0.2) is 5.88 Å². The molecule has 0 atom stereocenters. The monoisotopic (exact) mass is 204 g/mol. The molecule has 1 aromatic heterocycles. The van der Waals surface area contributed by atoms with Crippen LogP contribution >= 0.6 is 0 Å². The minimum absolute atomic E-state index is 0.0974. The van der Waals surface area contributed by atoms with Gasteiger partial charge in [0.25, 0.3) is 5.56 Å². The van der Waals surface area contributed by atoms with E-state index in [1.54, 1.807) is 19.2 Å². The summed E-state index contributed by atoms with van der Waals surface area (Å²) in [5.74, 6) is -0.0974. The number of aromatic amines is 1. The number of hydrogen-bond acceptors (Lipinski definition) is 3. The first kappa shape index (κ1) is 9.58. The van der Waals surface area contributed by atoms with Gasteiger partial charge in [-0.25, -0.2) is 0 Å². The van der Waals surface area contributed by atoms with E-state index in [-0.39, 0.29) is 11.4 Å². The first-order valence-corrected chi connectivity index (χ1v) is 4.72. The third kappa shape index (κ3) is 1.79. The van der Waals surface area contributed by atoms with Crippen LogP contribution in [0.4, 0.5) is 0 Å². The third-order valence-electron chi connectivity index (χ3n) is 2.33. The van der Waals surface area contributed by atoms with Gasteiger partial charge in [0.2, 0.25) is 0 Å². The fraction of sp³-hybridized carbons (Fsp3) is 0.182. The molecule has 0 unspecified atom stereocenters. The summed E-state index contributed by atoms with van der Waals surface area (Å²) in [7, 11) is 0. The summed E-state index contributed by atoms with van der Waals surface area (Å²) in [6, 6.07) is 1.55. The summed E-state index contributed by atoms with van der Waals surface area (Å²) >= 11 is 0. The number of rotatable bonds is 1. The Bertz CT molecular complexity index is 498. The molecule has 0 aromatic carbocycles. The lowest BCUT2D eigenvalue weighted by atomic mass is 10.0. The van der Waals surface area contributed by atoms with Crippen molar-refractivity contribution >= 4 is 5.57 Å². The van der Waals surface area contributed by atoms with Crippen LogP contribution in [0.2, 0.25) is 0 Å². The summed E-state index contributed by atoms with van der Waals surface area (Å²) in [5.41, 5.74) is 2.01. The van der Waals surface area contributed by atoms with Crippen molar-refractivity contribution in [1.29, 1.82) is 0 Å². The van der Waals surface area contributed by atoms with E-state index >= 15 is 0 Å². The van der Waals surface area contributed by atoms with Crippen LogP contribution in [0.15, 0.2) is 29.2 Å². The molecule has 0 amide bonds. The average molecular weight is 204 g/mol. The van der Waals surface area contributed by atoms with Gasteiger partial charge in [-0.2, -0.15) is 0 Å². The maximum absolute atomic E-state index is 11.6. The van der Waals surface area contributed by atoms with Crippen LogP contribution < -0.4 is 10.9 Å². The zero-order chi connectivity index (χ0) is 10.8. The molecule has 0 saturated heterocycles. The fourth-order valence-electron chi connectivity index (χ4n) is 1.67. The van der Waals surface area contributed by atoms with E-state index in [2.05, 4.69) is 10.3 Å². The quantitative estimate of drug-likeness (QED) is 0.636. The summed E-state index contributed by atoms with van der Waals surface area (Å²) in [6.45, 7) is 2.52. The maximum Gasteiger partial charge on any atom is 0.258 e. The van der Waals surface area contributed by atoms with Crippen molar-refractivity contribution in [2.45, 2.75) is 6.92 Å². The van der Waals surface area contributed by atoms with Gasteiger partial charge < -0.3 is 10.4 Å². The standard InChI is InChI=1S/C11H12N2O2/c1-7-6-9(14)13-11(15)10(7)8-2-4-12-5-3-8/h2-4,6,12H,5H2,1H3,(H2,13,14,15). The molecule has 2 rings (SSSR count). The van der Waals surface area contributed by atoms with Crippen molar-refractivity contribution in [2.24, 2.45) is 0 Å². The number of nitrogens with one attached hydrogen (secondary N) is 2. The molecule has 3 N–H and O–H groups in total. The van der Waals surface area contributed by atoms with Crippen LogP contribution in [0.25, 0.3) is 5.57 Å². The number of dihydropyridines is 1. The van der Waals surface area contributed by atoms with E-state index in [1.807, 2.05) is 12.2 Å². The lowest BCUT2D eigenvalue weighted by molar-refractivity contribution is 0.451. The molecular formula is C11H12N2O2. The molecule has 0 aliphatic carbocycles. The van der Waals surface area contributed by atoms with Gasteiger partial charge in [0.1, 0.15) is 0 Å². The van der Waals surface area contributed by atoms with E-state index in [1.165, 1.54) is 0 Å². The Kier molecular flexibility index (Phi) is 2.33. The van der Waals surface area contributed by atoms with Gasteiger partial charge in [-0.05, 0) is 30.3 Å². The Morgan fingerprint density at radius 2 is 2.27 bits per heavy atom. The largest absolute Gasteiger partial charge is 0.495 e. The molecule has 1 aliphatic rings. The number of H-pyrrole nitrogens is 1. The SMILES string of the molecule is Cc1cc(O)[nH]c(=O)c1C1=CCNC=C1. The van der Waals surface area contributed by atoms with Crippen LogP contribution in [0.1, 0.15) is 11.1 Å². The second kappa shape index (κ2) is 3.65. The molecule has 4 heteroatoms. The minimum Gasteiger partial charge on any atom is -0.495 e. The van der Waals surface area contributed by atoms with E-state index in [0.717, 1.165) is 11.1 Å². The molecule has 0 saturated carbocycles. The number of aryl methyl sites for hydroxylation is 1. The van der Waals surface area contributed by atoms with Crippen LogP contribution in [0.3, 0.4) is 0 Å². The van der Waals surface area contributed by atoms with Crippen LogP contribution in [-0.4, -0.2) is 16.6 Å². The van der Waals surface area contributed by atoms with Crippen LogP contribution in [0.5, 0.6) is 5.88 Å². The van der Waals surface area contributed by atoms with Crippen molar-refractivity contribution < 1.29 is 5.11 Å². The van der Waals surface area contributed by atoms with Crippen molar-refractivity contribution in [3.8, 4) is 5.88 Å². The van der Waals surface area contributed by atoms with Crippen molar-refractivity contribution in [2.75, 3.05) is 6.54 Å². The highest BCUT2D eigenvalue weighted by molar-refractivity contribution is 5.76. The Labute approximate surface area is 87.0 Å². The van der Waals surface area contributed by atoms with Crippen molar-refractivity contribution in [3.05, 3.63) is 45.9 Å². The second-order valence-corrected chi connectivity index (χ2v) is 3.44. The van der Waals surface area contributed by atoms with Gasteiger partial charge in [0.05, 0.1) is 0 Å². The fourth-order valence-corrected chi connectivity index (χ4v) is 1.67. The van der Waals surface area contributed by atoms with Crippen molar-refractivity contribution in [1.82, 2.24) is 10.3 Å². The highest BCUT2D eigenvalue weighted by atomic mass is 16.3. The van der Waals surface area contributed by atoms with Crippen LogP contribution in [-0.2, 0) is 0 Å². The summed E-state index contributed by atoms with van der Waals surface area (Å²) < 4.78 is 0. The average Bonchev–Trinajstić information content (AvgIpc) is 2.17. The Hall–Kier alpha value is -1.97. The molecule has 0 fully saturated rings.